The minimum atomic E-state index is -0.919. The number of hydrogen-bond donors (Lipinski definition) is 2. The van der Waals surface area contributed by atoms with Gasteiger partial charge in [-0.15, -0.1) is 0 Å². The number of hydrogen-bond acceptors (Lipinski definition) is 4. The number of nitrogens with zero attached hydrogens (tertiary/aromatic N) is 2. The molecule has 2 aromatic rings. The average Bonchev–Trinajstić information content (AvgIpc) is 3.01. The molecule has 0 bridgehead atoms. The fourth-order valence-electron chi connectivity index (χ4n) is 2.69. The molecule has 0 amide bonds. The molecule has 1 aromatic heterocycles. The monoisotopic (exact) mass is 283 g/mol. The SMILES string of the molecule is O=C(O)c1ccc(-c2nccnc2CC2CCNC2)cc1. The fourth-order valence-corrected chi connectivity index (χ4v) is 2.69. The summed E-state index contributed by atoms with van der Waals surface area (Å²) in [5.41, 5.74) is 3.02. The maximum atomic E-state index is 10.9. The summed E-state index contributed by atoms with van der Waals surface area (Å²) >= 11 is 0. The molecule has 1 atom stereocenters. The van der Waals surface area contributed by atoms with Crippen molar-refractivity contribution in [2.45, 2.75) is 12.8 Å². The van der Waals surface area contributed by atoms with E-state index in [0.29, 0.717) is 5.92 Å². The molecule has 5 nitrogen and oxygen atoms in total. The molecule has 108 valence electrons. The summed E-state index contributed by atoms with van der Waals surface area (Å²) in [5, 5.41) is 12.3. The third-order valence-electron chi connectivity index (χ3n) is 3.82. The van der Waals surface area contributed by atoms with Crippen LogP contribution in [0.2, 0.25) is 0 Å². The first-order chi connectivity index (χ1) is 10.2. The van der Waals surface area contributed by atoms with Crippen molar-refractivity contribution in [2.24, 2.45) is 5.92 Å². The number of aromatic nitrogens is 2. The van der Waals surface area contributed by atoms with Crippen LogP contribution in [0.1, 0.15) is 22.5 Å². The third kappa shape index (κ3) is 3.08. The molecular formula is C16H17N3O2. The Morgan fingerprint density at radius 1 is 1.24 bits per heavy atom. The van der Waals surface area contributed by atoms with Gasteiger partial charge in [0.15, 0.2) is 0 Å². The molecule has 2 N–H and O–H groups in total. The maximum absolute atomic E-state index is 10.9. The maximum Gasteiger partial charge on any atom is 0.335 e. The highest BCUT2D eigenvalue weighted by Gasteiger charge is 2.18. The molecule has 1 aromatic carbocycles. The summed E-state index contributed by atoms with van der Waals surface area (Å²) < 4.78 is 0. The highest BCUT2D eigenvalue weighted by molar-refractivity contribution is 5.88. The smallest absolute Gasteiger partial charge is 0.335 e. The third-order valence-corrected chi connectivity index (χ3v) is 3.82. The van der Waals surface area contributed by atoms with Crippen LogP contribution in [0.5, 0.6) is 0 Å². The lowest BCUT2D eigenvalue weighted by Gasteiger charge is -2.11. The lowest BCUT2D eigenvalue weighted by molar-refractivity contribution is 0.0697. The van der Waals surface area contributed by atoms with Crippen molar-refractivity contribution in [2.75, 3.05) is 13.1 Å². The minimum absolute atomic E-state index is 0.282. The summed E-state index contributed by atoms with van der Waals surface area (Å²) in [6.45, 7) is 2.08. The van der Waals surface area contributed by atoms with E-state index in [4.69, 9.17) is 5.11 Å². The van der Waals surface area contributed by atoms with Crippen molar-refractivity contribution in [3.63, 3.8) is 0 Å². The van der Waals surface area contributed by atoms with Crippen molar-refractivity contribution in [3.8, 4) is 11.3 Å². The molecule has 1 unspecified atom stereocenters. The Bertz CT molecular complexity index is 634. The predicted octanol–water partition coefficient (Wildman–Crippen LogP) is 1.99. The zero-order chi connectivity index (χ0) is 14.7. The van der Waals surface area contributed by atoms with Gasteiger partial charge in [-0.1, -0.05) is 12.1 Å². The van der Waals surface area contributed by atoms with E-state index < -0.39 is 5.97 Å². The lowest BCUT2D eigenvalue weighted by Crippen LogP contribution is -2.12. The Kier molecular flexibility index (Phi) is 3.92. The van der Waals surface area contributed by atoms with Gasteiger partial charge in [-0.3, -0.25) is 9.97 Å². The van der Waals surface area contributed by atoms with E-state index in [0.717, 1.165) is 42.9 Å². The Labute approximate surface area is 123 Å². The number of nitrogens with one attached hydrogen (secondary N) is 1. The Balaban J connectivity index is 1.88. The van der Waals surface area contributed by atoms with Crippen LogP contribution in [0.25, 0.3) is 11.3 Å². The molecule has 3 rings (SSSR count). The van der Waals surface area contributed by atoms with E-state index in [9.17, 15) is 4.79 Å². The number of carboxylic acid groups (broad SMARTS) is 1. The van der Waals surface area contributed by atoms with Crippen LogP contribution >= 0.6 is 0 Å². The quantitative estimate of drug-likeness (QED) is 0.897. The van der Waals surface area contributed by atoms with E-state index in [2.05, 4.69) is 15.3 Å². The zero-order valence-corrected chi connectivity index (χ0v) is 11.6. The second kappa shape index (κ2) is 6.01. The van der Waals surface area contributed by atoms with Gasteiger partial charge in [0.25, 0.3) is 0 Å². The molecular weight excluding hydrogens is 266 g/mol. The van der Waals surface area contributed by atoms with Gasteiger partial charge in [0.05, 0.1) is 17.0 Å². The van der Waals surface area contributed by atoms with Crippen molar-refractivity contribution in [1.82, 2.24) is 15.3 Å². The predicted molar refractivity (Wildman–Crippen MR) is 79.1 cm³/mol. The number of rotatable bonds is 4. The number of aromatic carboxylic acids is 1. The molecule has 5 heteroatoms. The molecule has 1 fully saturated rings. The Morgan fingerprint density at radius 3 is 2.67 bits per heavy atom. The van der Waals surface area contributed by atoms with E-state index >= 15 is 0 Å². The zero-order valence-electron chi connectivity index (χ0n) is 11.6. The van der Waals surface area contributed by atoms with Crippen LogP contribution in [0.4, 0.5) is 0 Å². The molecule has 0 radical (unpaired) electrons. The van der Waals surface area contributed by atoms with E-state index in [1.165, 1.54) is 0 Å². The minimum Gasteiger partial charge on any atom is -0.478 e. The Morgan fingerprint density at radius 2 is 2.00 bits per heavy atom. The van der Waals surface area contributed by atoms with Crippen LogP contribution in [-0.2, 0) is 6.42 Å². The van der Waals surface area contributed by atoms with Gasteiger partial charge in [-0.05, 0) is 44.0 Å². The van der Waals surface area contributed by atoms with Crippen LogP contribution in [0.15, 0.2) is 36.7 Å². The van der Waals surface area contributed by atoms with Gasteiger partial charge >= 0.3 is 5.97 Å². The van der Waals surface area contributed by atoms with Gasteiger partial charge in [0, 0.05) is 18.0 Å². The molecule has 21 heavy (non-hydrogen) atoms. The van der Waals surface area contributed by atoms with Gasteiger partial charge < -0.3 is 10.4 Å². The first kappa shape index (κ1) is 13.7. The fraction of sp³-hybridized carbons (Fsp3) is 0.312. The van der Waals surface area contributed by atoms with Crippen molar-refractivity contribution < 1.29 is 9.90 Å². The second-order valence-electron chi connectivity index (χ2n) is 5.30. The number of carbonyl (C=O) groups is 1. The largest absolute Gasteiger partial charge is 0.478 e. The van der Waals surface area contributed by atoms with Crippen molar-refractivity contribution in [1.29, 1.82) is 0 Å². The normalized spacial score (nSPS) is 17.8. The van der Waals surface area contributed by atoms with Crippen molar-refractivity contribution in [3.05, 3.63) is 47.9 Å². The molecule has 0 spiro atoms. The van der Waals surface area contributed by atoms with Crippen molar-refractivity contribution >= 4 is 5.97 Å². The van der Waals surface area contributed by atoms with E-state index in [1.807, 2.05) is 0 Å². The van der Waals surface area contributed by atoms with Crippen LogP contribution in [-0.4, -0.2) is 34.1 Å². The summed E-state index contributed by atoms with van der Waals surface area (Å²) in [4.78, 5) is 19.8. The average molecular weight is 283 g/mol. The molecule has 0 aliphatic carbocycles. The van der Waals surface area contributed by atoms with Gasteiger partial charge in [-0.2, -0.15) is 0 Å². The van der Waals surface area contributed by atoms with Crippen LogP contribution < -0.4 is 5.32 Å². The number of benzene rings is 1. The topological polar surface area (TPSA) is 75.1 Å². The molecule has 1 aliphatic rings. The summed E-state index contributed by atoms with van der Waals surface area (Å²) in [6.07, 6.45) is 5.45. The van der Waals surface area contributed by atoms with E-state index in [-0.39, 0.29) is 5.56 Å². The lowest BCUT2D eigenvalue weighted by atomic mass is 9.98. The van der Waals surface area contributed by atoms with Gasteiger partial charge in [-0.25, -0.2) is 4.79 Å². The Hall–Kier alpha value is -2.27. The first-order valence-electron chi connectivity index (χ1n) is 7.08. The van der Waals surface area contributed by atoms with E-state index in [1.54, 1.807) is 36.7 Å². The summed E-state index contributed by atoms with van der Waals surface area (Å²) in [6, 6.07) is 6.80. The highest BCUT2D eigenvalue weighted by atomic mass is 16.4. The molecule has 1 saturated heterocycles. The number of carboxylic acids is 1. The van der Waals surface area contributed by atoms with Gasteiger partial charge in [0.1, 0.15) is 0 Å². The van der Waals surface area contributed by atoms with Crippen LogP contribution in [0.3, 0.4) is 0 Å². The van der Waals surface area contributed by atoms with Gasteiger partial charge in [0.2, 0.25) is 0 Å². The highest BCUT2D eigenvalue weighted by Crippen LogP contribution is 2.24. The summed E-state index contributed by atoms with van der Waals surface area (Å²) in [5.74, 6) is -0.323. The molecule has 2 heterocycles. The second-order valence-corrected chi connectivity index (χ2v) is 5.30. The van der Waals surface area contributed by atoms with Crippen LogP contribution in [0, 0.1) is 5.92 Å². The standard InChI is InChI=1S/C16H17N3O2/c20-16(21)13-3-1-12(2-4-13)15-14(18-7-8-19-15)9-11-5-6-17-10-11/h1-4,7-8,11,17H,5-6,9-10H2,(H,20,21). The summed E-state index contributed by atoms with van der Waals surface area (Å²) in [7, 11) is 0. The molecule has 1 aliphatic heterocycles. The molecule has 0 saturated carbocycles. The first-order valence-corrected chi connectivity index (χ1v) is 7.08.